The third-order valence-electron chi connectivity index (χ3n) is 3.93. The molecule has 0 aliphatic heterocycles. The molecule has 0 unspecified atom stereocenters. The van der Waals surface area contributed by atoms with E-state index in [1.807, 2.05) is 6.07 Å². The molecule has 0 amide bonds. The van der Waals surface area contributed by atoms with Gasteiger partial charge in [0.05, 0.1) is 0 Å². The number of unbranched alkanes of at least 4 members (excludes halogenated alkanes) is 1. The van der Waals surface area contributed by atoms with Gasteiger partial charge in [0.2, 0.25) is 0 Å². The van der Waals surface area contributed by atoms with E-state index in [1.54, 1.807) is 19.2 Å². The Morgan fingerprint density at radius 1 is 1.35 bits per heavy atom. The monoisotopic (exact) mass is 277 g/mol. The Bertz CT molecular complexity index is 467. The Morgan fingerprint density at radius 2 is 2.15 bits per heavy atom. The molecule has 1 fully saturated rings. The third kappa shape index (κ3) is 3.71. The maximum Gasteiger partial charge on any atom is 0.191 e. The van der Waals surface area contributed by atoms with E-state index in [2.05, 4.69) is 22.5 Å². The Kier molecular flexibility index (Phi) is 4.99. The molecular weight excluding hydrogens is 253 g/mol. The minimum Gasteiger partial charge on any atom is -0.356 e. The highest BCUT2D eigenvalue weighted by Gasteiger charge is 2.44. The summed E-state index contributed by atoms with van der Waals surface area (Å²) in [5.74, 6) is 0.681. The normalized spacial score (nSPS) is 16.9. The lowest BCUT2D eigenvalue weighted by molar-refractivity contribution is 0.606. The van der Waals surface area contributed by atoms with E-state index in [9.17, 15) is 4.39 Å². The number of hydrogen-bond donors (Lipinski definition) is 2. The molecule has 0 aromatic heterocycles. The lowest BCUT2D eigenvalue weighted by Gasteiger charge is -2.19. The summed E-state index contributed by atoms with van der Waals surface area (Å²) in [4.78, 5) is 4.22. The second-order valence-corrected chi connectivity index (χ2v) is 5.50. The molecule has 0 bridgehead atoms. The molecule has 4 heteroatoms. The van der Waals surface area contributed by atoms with Crippen molar-refractivity contribution in [1.82, 2.24) is 10.6 Å². The fraction of sp³-hybridized carbons (Fsp3) is 0.562. The van der Waals surface area contributed by atoms with Crippen LogP contribution in [0, 0.1) is 5.82 Å². The second-order valence-electron chi connectivity index (χ2n) is 5.50. The van der Waals surface area contributed by atoms with Gasteiger partial charge in [0.15, 0.2) is 5.96 Å². The van der Waals surface area contributed by atoms with Crippen molar-refractivity contribution in [3.05, 3.63) is 35.6 Å². The van der Waals surface area contributed by atoms with E-state index < -0.39 is 0 Å². The van der Waals surface area contributed by atoms with Gasteiger partial charge in [-0.25, -0.2) is 4.39 Å². The highest BCUT2D eigenvalue weighted by atomic mass is 19.1. The van der Waals surface area contributed by atoms with E-state index in [-0.39, 0.29) is 11.2 Å². The topological polar surface area (TPSA) is 36.4 Å². The molecule has 0 radical (unpaired) electrons. The summed E-state index contributed by atoms with van der Waals surface area (Å²) in [6.07, 6.45) is 4.51. The maximum absolute atomic E-state index is 13.3. The zero-order valence-electron chi connectivity index (χ0n) is 12.4. The van der Waals surface area contributed by atoms with Crippen molar-refractivity contribution in [2.45, 2.75) is 38.0 Å². The SMILES string of the molecule is CCCCNC(=NC)NCC1(c2cccc(F)c2)CC1. The first-order valence-corrected chi connectivity index (χ1v) is 7.41. The predicted molar refractivity (Wildman–Crippen MR) is 81.6 cm³/mol. The zero-order valence-corrected chi connectivity index (χ0v) is 12.4. The van der Waals surface area contributed by atoms with Gasteiger partial charge in [-0.3, -0.25) is 4.99 Å². The summed E-state index contributed by atoms with van der Waals surface area (Å²) in [6.45, 7) is 3.91. The smallest absolute Gasteiger partial charge is 0.191 e. The first-order chi connectivity index (χ1) is 9.70. The molecule has 1 saturated carbocycles. The minimum absolute atomic E-state index is 0.0878. The number of nitrogens with zero attached hydrogens (tertiary/aromatic N) is 1. The zero-order chi connectivity index (χ0) is 14.4. The van der Waals surface area contributed by atoms with Crippen LogP contribution in [-0.4, -0.2) is 26.1 Å². The largest absolute Gasteiger partial charge is 0.356 e. The quantitative estimate of drug-likeness (QED) is 0.476. The van der Waals surface area contributed by atoms with Gasteiger partial charge in [0.25, 0.3) is 0 Å². The van der Waals surface area contributed by atoms with E-state index >= 15 is 0 Å². The lowest BCUT2D eigenvalue weighted by Crippen LogP contribution is -2.41. The van der Waals surface area contributed by atoms with Crippen molar-refractivity contribution < 1.29 is 4.39 Å². The van der Waals surface area contributed by atoms with E-state index in [4.69, 9.17) is 0 Å². The summed E-state index contributed by atoms with van der Waals surface area (Å²) in [6, 6.07) is 6.96. The van der Waals surface area contributed by atoms with Crippen LogP contribution in [0.5, 0.6) is 0 Å². The predicted octanol–water partition coefficient (Wildman–Crippen LogP) is 2.82. The van der Waals surface area contributed by atoms with E-state index in [1.165, 1.54) is 6.07 Å². The van der Waals surface area contributed by atoms with Crippen LogP contribution >= 0.6 is 0 Å². The number of halogens is 1. The van der Waals surface area contributed by atoms with Crippen LogP contribution in [0.25, 0.3) is 0 Å². The Hall–Kier alpha value is -1.58. The molecule has 3 nitrogen and oxygen atoms in total. The molecule has 0 atom stereocenters. The average Bonchev–Trinajstić information content (AvgIpc) is 3.24. The van der Waals surface area contributed by atoms with Crippen LogP contribution in [-0.2, 0) is 5.41 Å². The van der Waals surface area contributed by atoms with Crippen LogP contribution in [0.15, 0.2) is 29.3 Å². The molecule has 20 heavy (non-hydrogen) atoms. The highest BCUT2D eigenvalue weighted by molar-refractivity contribution is 5.79. The number of guanidine groups is 1. The summed E-state index contributed by atoms with van der Waals surface area (Å²) in [5.41, 5.74) is 1.18. The molecule has 1 aromatic rings. The van der Waals surface area contributed by atoms with Crippen molar-refractivity contribution >= 4 is 5.96 Å². The van der Waals surface area contributed by atoms with Crippen molar-refractivity contribution in [2.24, 2.45) is 4.99 Å². The Labute approximate surface area is 120 Å². The molecule has 110 valence electrons. The lowest BCUT2D eigenvalue weighted by atomic mass is 9.96. The second kappa shape index (κ2) is 6.73. The summed E-state index contributed by atoms with van der Waals surface area (Å²) in [5, 5.41) is 6.66. The van der Waals surface area contributed by atoms with E-state index in [0.29, 0.717) is 0 Å². The molecular formula is C16H24FN3. The van der Waals surface area contributed by atoms with Gasteiger partial charge in [-0.2, -0.15) is 0 Å². The fourth-order valence-corrected chi connectivity index (χ4v) is 2.39. The molecule has 1 aromatic carbocycles. The first-order valence-electron chi connectivity index (χ1n) is 7.41. The van der Waals surface area contributed by atoms with Crippen molar-refractivity contribution in [3.8, 4) is 0 Å². The standard InChI is InChI=1S/C16H24FN3/c1-3-4-10-19-15(18-2)20-12-16(8-9-16)13-6-5-7-14(17)11-13/h5-7,11H,3-4,8-10,12H2,1-2H3,(H2,18,19,20). The van der Waals surface area contributed by atoms with Crippen molar-refractivity contribution in [2.75, 3.05) is 20.1 Å². The van der Waals surface area contributed by atoms with Crippen LogP contribution in [0.1, 0.15) is 38.2 Å². The van der Waals surface area contributed by atoms with Gasteiger partial charge in [-0.1, -0.05) is 25.5 Å². The number of rotatable bonds is 6. The molecule has 1 aliphatic carbocycles. The molecule has 0 saturated heterocycles. The van der Waals surface area contributed by atoms with Crippen molar-refractivity contribution in [3.63, 3.8) is 0 Å². The summed E-state index contributed by atoms with van der Waals surface area (Å²) in [7, 11) is 1.78. The number of aliphatic imine (C=N–C) groups is 1. The van der Waals surface area contributed by atoms with Gasteiger partial charge in [-0.05, 0) is 37.0 Å². The van der Waals surface area contributed by atoms with Crippen molar-refractivity contribution in [1.29, 1.82) is 0 Å². The van der Waals surface area contributed by atoms with Crippen LogP contribution in [0.3, 0.4) is 0 Å². The molecule has 0 spiro atoms. The third-order valence-corrected chi connectivity index (χ3v) is 3.93. The number of benzene rings is 1. The molecule has 0 heterocycles. The van der Waals surface area contributed by atoms with Crippen LogP contribution < -0.4 is 10.6 Å². The highest BCUT2D eigenvalue weighted by Crippen LogP contribution is 2.47. The minimum atomic E-state index is -0.153. The molecule has 1 aliphatic rings. The number of nitrogens with one attached hydrogen (secondary N) is 2. The maximum atomic E-state index is 13.3. The summed E-state index contributed by atoms with van der Waals surface area (Å²) >= 11 is 0. The Balaban J connectivity index is 1.89. The fourth-order valence-electron chi connectivity index (χ4n) is 2.39. The molecule has 2 N–H and O–H groups in total. The first kappa shape index (κ1) is 14.8. The van der Waals surface area contributed by atoms with Gasteiger partial charge in [0, 0.05) is 25.6 Å². The number of hydrogen-bond acceptors (Lipinski definition) is 1. The molecule has 2 rings (SSSR count). The Morgan fingerprint density at radius 3 is 2.75 bits per heavy atom. The van der Waals surface area contributed by atoms with Crippen LogP contribution in [0.2, 0.25) is 0 Å². The average molecular weight is 277 g/mol. The van der Waals surface area contributed by atoms with Gasteiger partial charge in [0.1, 0.15) is 5.82 Å². The van der Waals surface area contributed by atoms with Gasteiger partial charge in [-0.15, -0.1) is 0 Å². The van der Waals surface area contributed by atoms with Crippen LogP contribution in [0.4, 0.5) is 4.39 Å². The van der Waals surface area contributed by atoms with Gasteiger partial charge < -0.3 is 10.6 Å². The van der Waals surface area contributed by atoms with E-state index in [0.717, 1.165) is 50.3 Å². The van der Waals surface area contributed by atoms with Gasteiger partial charge >= 0.3 is 0 Å². The summed E-state index contributed by atoms with van der Waals surface area (Å²) < 4.78 is 13.3.